The van der Waals surface area contributed by atoms with Gasteiger partial charge in [0.15, 0.2) is 0 Å². The van der Waals surface area contributed by atoms with Gasteiger partial charge in [-0.1, -0.05) is 19.3 Å². The third-order valence-electron chi connectivity index (χ3n) is 4.35. The molecule has 6 nitrogen and oxygen atoms in total. The fourth-order valence-electron chi connectivity index (χ4n) is 3.14. The number of halogens is 1. The molecule has 24 heavy (non-hydrogen) atoms. The number of nitrogens with two attached hydrogens (primary N) is 1. The summed E-state index contributed by atoms with van der Waals surface area (Å²) >= 11 is 0. The van der Waals surface area contributed by atoms with Gasteiger partial charge in [-0.3, -0.25) is 9.52 Å². The Kier molecular flexibility index (Phi) is 7.51. The second-order valence-corrected chi connectivity index (χ2v) is 8.19. The highest BCUT2D eigenvalue weighted by Crippen LogP contribution is 2.38. The van der Waals surface area contributed by atoms with E-state index in [1.54, 1.807) is 24.3 Å². The molecule has 1 fully saturated rings. The van der Waals surface area contributed by atoms with Gasteiger partial charge in [0.05, 0.1) is 6.26 Å². The number of rotatable bonds is 6. The SMILES string of the molecule is CS(=O)(=O)Nc1ccc(NC(=O)CC2(CN)CCCCC2)cc1.Cl. The summed E-state index contributed by atoms with van der Waals surface area (Å²) in [6, 6.07) is 6.61. The molecule has 0 radical (unpaired) electrons. The third-order valence-corrected chi connectivity index (χ3v) is 4.96. The molecule has 1 saturated carbocycles. The number of benzene rings is 1. The van der Waals surface area contributed by atoms with Crippen molar-refractivity contribution in [3.05, 3.63) is 24.3 Å². The lowest BCUT2D eigenvalue weighted by molar-refractivity contribution is -0.118. The van der Waals surface area contributed by atoms with E-state index in [4.69, 9.17) is 5.73 Å². The van der Waals surface area contributed by atoms with E-state index in [9.17, 15) is 13.2 Å². The van der Waals surface area contributed by atoms with Crippen LogP contribution >= 0.6 is 12.4 Å². The zero-order chi connectivity index (χ0) is 16.9. The van der Waals surface area contributed by atoms with Gasteiger partial charge in [-0.2, -0.15) is 0 Å². The molecule has 0 saturated heterocycles. The Labute approximate surface area is 150 Å². The standard InChI is InChI=1S/C16H25N3O3S.ClH/c1-23(21,22)19-14-7-5-13(6-8-14)18-15(20)11-16(12-17)9-3-2-4-10-16;/h5-8,19H,2-4,9-12,17H2,1H3,(H,18,20);1H. The van der Waals surface area contributed by atoms with Crippen LogP contribution < -0.4 is 15.8 Å². The number of anilines is 2. The molecule has 0 atom stereocenters. The van der Waals surface area contributed by atoms with Gasteiger partial charge in [0, 0.05) is 17.8 Å². The van der Waals surface area contributed by atoms with Crippen LogP contribution in [0.1, 0.15) is 38.5 Å². The van der Waals surface area contributed by atoms with Crippen molar-refractivity contribution in [1.29, 1.82) is 0 Å². The second kappa shape index (κ2) is 8.69. The molecule has 2 rings (SSSR count). The molecule has 0 spiro atoms. The molecule has 136 valence electrons. The first-order chi connectivity index (χ1) is 10.8. The monoisotopic (exact) mass is 375 g/mol. The van der Waals surface area contributed by atoms with E-state index in [1.807, 2.05) is 0 Å². The maximum Gasteiger partial charge on any atom is 0.229 e. The molecule has 1 aliphatic rings. The molecule has 4 N–H and O–H groups in total. The summed E-state index contributed by atoms with van der Waals surface area (Å²) in [7, 11) is -3.30. The molecule has 0 bridgehead atoms. The van der Waals surface area contributed by atoms with Gasteiger partial charge >= 0.3 is 0 Å². The van der Waals surface area contributed by atoms with Gasteiger partial charge in [-0.15, -0.1) is 12.4 Å². The summed E-state index contributed by atoms with van der Waals surface area (Å²) in [4.78, 5) is 12.3. The minimum atomic E-state index is -3.30. The Morgan fingerprint density at radius 3 is 2.17 bits per heavy atom. The van der Waals surface area contributed by atoms with Gasteiger partial charge in [0.2, 0.25) is 15.9 Å². The van der Waals surface area contributed by atoms with Gasteiger partial charge in [0.25, 0.3) is 0 Å². The summed E-state index contributed by atoms with van der Waals surface area (Å²) < 4.78 is 24.7. The van der Waals surface area contributed by atoms with Gasteiger partial charge in [-0.25, -0.2) is 8.42 Å². The van der Waals surface area contributed by atoms with E-state index in [2.05, 4.69) is 10.0 Å². The molecule has 1 aromatic rings. The minimum absolute atomic E-state index is 0. The van der Waals surface area contributed by atoms with E-state index >= 15 is 0 Å². The van der Waals surface area contributed by atoms with Crippen molar-refractivity contribution in [3.8, 4) is 0 Å². The lowest BCUT2D eigenvalue weighted by atomic mass is 9.71. The predicted molar refractivity (Wildman–Crippen MR) is 100.0 cm³/mol. The lowest BCUT2D eigenvalue weighted by Gasteiger charge is -2.35. The number of carbonyl (C=O) groups is 1. The molecular weight excluding hydrogens is 350 g/mol. The first-order valence-corrected chi connectivity index (χ1v) is 9.79. The average molecular weight is 376 g/mol. The lowest BCUT2D eigenvalue weighted by Crippen LogP contribution is -2.36. The van der Waals surface area contributed by atoms with E-state index < -0.39 is 10.0 Å². The molecule has 1 amide bonds. The number of sulfonamides is 1. The van der Waals surface area contributed by atoms with Crippen molar-refractivity contribution in [2.24, 2.45) is 11.1 Å². The zero-order valence-electron chi connectivity index (χ0n) is 13.9. The normalized spacial score (nSPS) is 16.8. The highest BCUT2D eigenvalue weighted by molar-refractivity contribution is 7.92. The second-order valence-electron chi connectivity index (χ2n) is 6.44. The first-order valence-electron chi connectivity index (χ1n) is 7.90. The van der Waals surface area contributed by atoms with Gasteiger partial charge in [-0.05, 0) is 49.1 Å². The number of hydrogen-bond donors (Lipinski definition) is 3. The molecule has 0 aliphatic heterocycles. The van der Waals surface area contributed by atoms with E-state index in [0.717, 1.165) is 31.9 Å². The average Bonchev–Trinajstić information content (AvgIpc) is 2.48. The quantitative estimate of drug-likeness (QED) is 0.711. The molecule has 8 heteroatoms. The van der Waals surface area contributed by atoms with Crippen molar-refractivity contribution in [3.63, 3.8) is 0 Å². The van der Waals surface area contributed by atoms with Crippen molar-refractivity contribution in [2.45, 2.75) is 38.5 Å². The Bertz CT molecular complexity index is 641. The van der Waals surface area contributed by atoms with Crippen molar-refractivity contribution in [1.82, 2.24) is 0 Å². The van der Waals surface area contributed by atoms with Crippen LogP contribution in [0.25, 0.3) is 0 Å². The van der Waals surface area contributed by atoms with Crippen LogP contribution in [-0.2, 0) is 14.8 Å². The van der Waals surface area contributed by atoms with Crippen LogP contribution in [0.2, 0.25) is 0 Å². The van der Waals surface area contributed by atoms with Crippen LogP contribution in [0.5, 0.6) is 0 Å². The molecule has 0 unspecified atom stereocenters. The summed E-state index contributed by atoms with van der Waals surface area (Å²) in [5.41, 5.74) is 6.96. The summed E-state index contributed by atoms with van der Waals surface area (Å²) in [5.74, 6) is -0.0406. The van der Waals surface area contributed by atoms with E-state index in [0.29, 0.717) is 24.3 Å². The summed E-state index contributed by atoms with van der Waals surface area (Å²) in [5, 5.41) is 2.87. The topological polar surface area (TPSA) is 101 Å². The maximum absolute atomic E-state index is 12.3. The number of hydrogen-bond acceptors (Lipinski definition) is 4. The molecule has 1 aromatic carbocycles. The Hall–Kier alpha value is -1.31. The third kappa shape index (κ3) is 6.30. The van der Waals surface area contributed by atoms with Crippen molar-refractivity contribution in [2.75, 3.05) is 22.8 Å². The smallest absolute Gasteiger partial charge is 0.229 e. The Morgan fingerprint density at radius 1 is 1.12 bits per heavy atom. The fraction of sp³-hybridized carbons (Fsp3) is 0.562. The number of amides is 1. The van der Waals surface area contributed by atoms with E-state index in [-0.39, 0.29) is 23.7 Å². The Morgan fingerprint density at radius 2 is 1.67 bits per heavy atom. The molecule has 0 heterocycles. The molecular formula is C16H26ClN3O3S. The fourth-order valence-corrected chi connectivity index (χ4v) is 3.70. The largest absolute Gasteiger partial charge is 0.330 e. The zero-order valence-corrected chi connectivity index (χ0v) is 15.5. The van der Waals surface area contributed by atoms with Crippen molar-refractivity contribution < 1.29 is 13.2 Å². The van der Waals surface area contributed by atoms with Gasteiger partial charge in [0.1, 0.15) is 0 Å². The van der Waals surface area contributed by atoms with Crippen LogP contribution in [0.3, 0.4) is 0 Å². The van der Waals surface area contributed by atoms with Crippen LogP contribution in [0.4, 0.5) is 11.4 Å². The highest BCUT2D eigenvalue weighted by atomic mass is 35.5. The van der Waals surface area contributed by atoms with E-state index in [1.165, 1.54) is 6.42 Å². The molecule has 0 aromatic heterocycles. The number of carbonyl (C=O) groups excluding carboxylic acids is 1. The van der Waals surface area contributed by atoms with Gasteiger partial charge < -0.3 is 11.1 Å². The number of nitrogens with one attached hydrogen (secondary N) is 2. The first kappa shape index (κ1) is 20.7. The highest BCUT2D eigenvalue weighted by Gasteiger charge is 2.32. The Balaban J connectivity index is 0.00000288. The summed E-state index contributed by atoms with van der Waals surface area (Å²) in [6.07, 6.45) is 7.04. The maximum atomic E-state index is 12.3. The van der Waals surface area contributed by atoms with Crippen molar-refractivity contribution >= 4 is 39.7 Å². The van der Waals surface area contributed by atoms with Crippen LogP contribution in [0.15, 0.2) is 24.3 Å². The van der Waals surface area contributed by atoms with Crippen LogP contribution in [0, 0.1) is 5.41 Å². The van der Waals surface area contributed by atoms with Crippen LogP contribution in [-0.4, -0.2) is 27.1 Å². The minimum Gasteiger partial charge on any atom is -0.330 e. The predicted octanol–water partition coefficient (Wildman–Crippen LogP) is 2.72. The molecule has 1 aliphatic carbocycles. The summed E-state index contributed by atoms with van der Waals surface area (Å²) in [6.45, 7) is 0.539.